The van der Waals surface area contributed by atoms with Crippen LogP contribution < -0.4 is 5.48 Å². The largest absolute Gasteiger partial charge is 0.387 e. The van der Waals surface area contributed by atoms with Crippen LogP contribution in [0.3, 0.4) is 0 Å². The molecule has 0 aliphatic carbocycles. The maximum absolute atomic E-state index is 10.7. The standard InChI is InChI=1S/C21H28N2O2/c1-16(21(24)19-7-9-20(22-25)10-8-19)23-13-11-18(12-14-23)15-17-5-3-2-4-6-17/h2-10,16,18,21-22,24-25H,11-15H2,1H3. The molecule has 3 rings (SSSR count). The van der Waals surface area contributed by atoms with E-state index in [1.807, 2.05) is 12.1 Å². The van der Waals surface area contributed by atoms with E-state index < -0.39 is 6.10 Å². The Labute approximate surface area is 150 Å². The second-order valence-electron chi connectivity index (χ2n) is 7.09. The molecule has 1 saturated heterocycles. The number of nitrogens with zero attached hydrogens (tertiary/aromatic N) is 1. The van der Waals surface area contributed by atoms with Gasteiger partial charge >= 0.3 is 0 Å². The van der Waals surface area contributed by atoms with Gasteiger partial charge in [-0.3, -0.25) is 15.6 Å². The lowest BCUT2D eigenvalue weighted by Crippen LogP contribution is -2.43. The minimum atomic E-state index is -0.515. The molecule has 0 bridgehead atoms. The first-order valence-corrected chi connectivity index (χ1v) is 9.13. The molecule has 0 radical (unpaired) electrons. The van der Waals surface area contributed by atoms with Crippen LogP contribution in [0.2, 0.25) is 0 Å². The molecule has 4 nitrogen and oxygen atoms in total. The summed E-state index contributed by atoms with van der Waals surface area (Å²) in [5, 5.41) is 19.6. The third kappa shape index (κ3) is 4.60. The highest BCUT2D eigenvalue weighted by molar-refractivity contribution is 5.42. The Balaban J connectivity index is 1.52. The van der Waals surface area contributed by atoms with Crippen LogP contribution in [-0.2, 0) is 6.42 Å². The van der Waals surface area contributed by atoms with Crippen LogP contribution in [0.5, 0.6) is 0 Å². The molecule has 1 aliphatic heterocycles. The molecule has 1 fully saturated rings. The van der Waals surface area contributed by atoms with Gasteiger partial charge in [-0.05, 0) is 68.5 Å². The minimum Gasteiger partial charge on any atom is -0.387 e. The van der Waals surface area contributed by atoms with E-state index in [1.54, 1.807) is 12.1 Å². The van der Waals surface area contributed by atoms with Crippen molar-refractivity contribution in [3.05, 3.63) is 65.7 Å². The van der Waals surface area contributed by atoms with Crippen LogP contribution in [-0.4, -0.2) is 34.3 Å². The molecule has 0 aromatic heterocycles. The molecule has 0 amide bonds. The third-order valence-corrected chi connectivity index (χ3v) is 5.43. The molecule has 25 heavy (non-hydrogen) atoms. The Bertz CT molecular complexity index is 637. The Morgan fingerprint density at radius 2 is 1.68 bits per heavy atom. The molecule has 0 spiro atoms. The van der Waals surface area contributed by atoms with Gasteiger partial charge in [-0.15, -0.1) is 0 Å². The molecular weight excluding hydrogens is 312 g/mol. The van der Waals surface area contributed by atoms with E-state index in [0.29, 0.717) is 5.69 Å². The van der Waals surface area contributed by atoms with E-state index in [2.05, 4.69) is 47.6 Å². The zero-order valence-electron chi connectivity index (χ0n) is 14.8. The Kier molecular flexibility index (Phi) is 6.08. The number of piperidine rings is 1. The number of hydrogen-bond acceptors (Lipinski definition) is 4. The van der Waals surface area contributed by atoms with Gasteiger partial charge in [0.15, 0.2) is 0 Å². The van der Waals surface area contributed by atoms with Gasteiger partial charge in [0.2, 0.25) is 0 Å². The number of hydrogen-bond donors (Lipinski definition) is 3. The fraction of sp³-hybridized carbons (Fsp3) is 0.429. The molecule has 3 N–H and O–H groups in total. The molecule has 0 saturated carbocycles. The van der Waals surface area contributed by atoms with Crippen LogP contribution in [0.4, 0.5) is 5.69 Å². The number of aliphatic hydroxyl groups is 1. The average Bonchev–Trinajstić information content (AvgIpc) is 2.68. The van der Waals surface area contributed by atoms with Crippen molar-refractivity contribution in [3.8, 4) is 0 Å². The Morgan fingerprint density at radius 3 is 2.28 bits per heavy atom. The summed E-state index contributed by atoms with van der Waals surface area (Å²) in [6.07, 6.45) is 3.00. The van der Waals surface area contributed by atoms with E-state index >= 15 is 0 Å². The molecular formula is C21H28N2O2. The summed E-state index contributed by atoms with van der Waals surface area (Å²) in [6, 6.07) is 18.1. The smallest absolute Gasteiger partial charge is 0.0942 e. The second-order valence-corrected chi connectivity index (χ2v) is 7.09. The van der Waals surface area contributed by atoms with Gasteiger partial charge in [0, 0.05) is 6.04 Å². The summed E-state index contributed by atoms with van der Waals surface area (Å²) in [4.78, 5) is 2.39. The van der Waals surface area contributed by atoms with Gasteiger partial charge in [0.05, 0.1) is 11.8 Å². The molecule has 2 aromatic rings. The molecule has 1 aliphatic rings. The fourth-order valence-corrected chi connectivity index (χ4v) is 3.74. The minimum absolute atomic E-state index is 0.0885. The first-order valence-electron chi connectivity index (χ1n) is 9.13. The topological polar surface area (TPSA) is 55.7 Å². The zero-order chi connectivity index (χ0) is 17.6. The van der Waals surface area contributed by atoms with Gasteiger partial charge in [-0.25, -0.2) is 0 Å². The summed E-state index contributed by atoms with van der Waals surface area (Å²) in [6.45, 7) is 4.17. The van der Waals surface area contributed by atoms with Gasteiger partial charge in [0.1, 0.15) is 0 Å². The van der Waals surface area contributed by atoms with Crippen molar-refractivity contribution in [2.75, 3.05) is 18.6 Å². The monoisotopic (exact) mass is 340 g/mol. The van der Waals surface area contributed by atoms with Crippen molar-refractivity contribution in [3.63, 3.8) is 0 Å². The zero-order valence-corrected chi connectivity index (χ0v) is 14.8. The highest BCUT2D eigenvalue weighted by atomic mass is 16.5. The molecule has 4 heteroatoms. The number of likely N-dealkylation sites (tertiary alicyclic amines) is 1. The highest BCUT2D eigenvalue weighted by Gasteiger charge is 2.27. The first-order chi connectivity index (χ1) is 12.2. The summed E-state index contributed by atoms with van der Waals surface area (Å²) in [5.41, 5.74) is 5.06. The van der Waals surface area contributed by atoms with Crippen molar-refractivity contribution in [2.24, 2.45) is 5.92 Å². The second kappa shape index (κ2) is 8.48. The van der Waals surface area contributed by atoms with Gasteiger partial charge < -0.3 is 5.11 Å². The van der Waals surface area contributed by atoms with E-state index in [1.165, 1.54) is 18.4 Å². The van der Waals surface area contributed by atoms with Crippen molar-refractivity contribution < 1.29 is 10.3 Å². The van der Waals surface area contributed by atoms with Gasteiger partial charge in [0.25, 0.3) is 0 Å². The fourth-order valence-electron chi connectivity index (χ4n) is 3.74. The molecule has 2 unspecified atom stereocenters. The van der Waals surface area contributed by atoms with Gasteiger partial charge in [-0.2, -0.15) is 0 Å². The normalized spacial score (nSPS) is 18.7. The summed E-state index contributed by atoms with van der Waals surface area (Å²) in [5.74, 6) is 0.734. The first kappa shape index (κ1) is 17.9. The highest BCUT2D eigenvalue weighted by Crippen LogP contribution is 2.28. The van der Waals surface area contributed by atoms with E-state index in [9.17, 15) is 5.11 Å². The summed E-state index contributed by atoms with van der Waals surface area (Å²) >= 11 is 0. The van der Waals surface area contributed by atoms with Crippen LogP contribution in [0, 0.1) is 5.92 Å². The Morgan fingerprint density at radius 1 is 1.04 bits per heavy atom. The van der Waals surface area contributed by atoms with Crippen LogP contribution in [0.1, 0.15) is 37.0 Å². The Hall–Kier alpha value is -1.88. The predicted octanol–water partition coefficient (Wildman–Crippen LogP) is 3.86. The van der Waals surface area contributed by atoms with E-state index in [0.717, 1.165) is 31.0 Å². The molecule has 1 heterocycles. The van der Waals surface area contributed by atoms with E-state index in [-0.39, 0.29) is 6.04 Å². The summed E-state index contributed by atoms with van der Waals surface area (Å²) < 4.78 is 0. The van der Waals surface area contributed by atoms with Crippen molar-refractivity contribution in [1.29, 1.82) is 0 Å². The number of rotatable bonds is 6. The number of anilines is 1. The SMILES string of the molecule is CC(C(O)c1ccc(NO)cc1)N1CCC(Cc2ccccc2)CC1. The van der Waals surface area contributed by atoms with Gasteiger partial charge in [-0.1, -0.05) is 42.5 Å². The number of nitrogens with one attached hydrogen (secondary N) is 1. The van der Waals surface area contributed by atoms with E-state index in [4.69, 9.17) is 5.21 Å². The molecule has 134 valence electrons. The predicted molar refractivity (Wildman–Crippen MR) is 101 cm³/mol. The summed E-state index contributed by atoms with van der Waals surface area (Å²) in [7, 11) is 0. The number of benzene rings is 2. The number of aliphatic hydroxyl groups excluding tert-OH is 1. The maximum Gasteiger partial charge on any atom is 0.0942 e. The van der Waals surface area contributed by atoms with Crippen molar-refractivity contribution in [1.82, 2.24) is 4.90 Å². The van der Waals surface area contributed by atoms with Crippen molar-refractivity contribution >= 4 is 5.69 Å². The third-order valence-electron chi connectivity index (χ3n) is 5.43. The van der Waals surface area contributed by atoms with Crippen LogP contribution in [0.25, 0.3) is 0 Å². The lowest BCUT2D eigenvalue weighted by Gasteiger charge is -2.38. The molecule has 2 aromatic carbocycles. The molecule has 2 atom stereocenters. The average molecular weight is 340 g/mol. The maximum atomic E-state index is 10.7. The quantitative estimate of drug-likeness (QED) is 0.699. The lowest BCUT2D eigenvalue weighted by molar-refractivity contribution is 0.0373. The van der Waals surface area contributed by atoms with Crippen molar-refractivity contribution in [2.45, 2.75) is 38.3 Å². The van der Waals surface area contributed by atoms with Crippen LogP contribution in [0.15, 0.2) is 54.6 Å². The van der Waals surface area contributed by atoms with Crippen LogP contribution >= 0.6 is 0 Å². The lowest BCUT2D eigenvalue weighted by atomic mass is 9.89.